The second kappa shape index (κ2) is 4.84. The molecule has 2 rings (SSSR count). The summed E-state index contributed by atoms with van der Waals surface area (Å²) in [6.07, 6.45) is 3.77. The predicted molar refractivity (Wildman–Crippen MR) is 56.1 cm³/mol. The summed E-state index contributed by atoms with van der Waals surface area (Å²) in [4.78, 5) is 3.99. The Bertz CT molecular complexity index is 328. The molecule has 1 aromatic rings. The van der Waals surface area contributed by atoms with E-state index < -0.39 is 0 Å². The summed E-state index contributed by atoms with van der Waals surface area (Å²) in [6.45, 7) is 3.93. The van der Waals surface area contributed by atoms with Crippen molar-refractivity contribution in [3.63, 3.8) is 0 Å². The largest absolute Gasteiger partial charge is 0.447 e. The van der Waals surface area contributed by atoms with Crippen molar-refractivity contribution in [3.8, 4) is 6.08 Å². The lowest BCUT2D eigenvalue weighted by Crippen LogP contribution is -2.35. The maximum Gasteiger partial charge on any atom is 0.394 e. The molecule has 0 saturated carbocycles. The van der Waals surface area contributed by atoms with E-state index in [-0.39, 0.29) is 31.0 Å². The SMILES string of the molecule is CC1CC(Oc2nc(CO)co2)CC(C)O1. The first-order valence-electron chi connectivity index (χ1n) is 5.54. The van der Waals surface area contributed by atoms with Gasteiger partial charge in [0.05, 0.1) is 18.8 Å². The van der Waals surface area contributed by atoms with Crippen LogP contribution in [-0.2, 0) is 11.3 Å². The summed E-state index contributed by atoms with van der Waals surface area (Å²) in [5.41, 5.74) is 0.489. The van der Waals surface area contributed by atoms with Crippen molar-refractivity contribution < 1.29 is 19.0 Å². The molecule has 90 valence electrons. The van der Waals surface area contributed by atoms with Crippen molar-refractivity contribution in [2.24, 2.45) is 0 Å². The van der Waals surface area contributed by atoms with Crippen molar-refractivity contribution in [2.45, 2.75) is 51.6 Å². The summed E-state index contributed by atoms with van der Waals surface area (Å²) < 4.78 is 16.3. The number of hydrogen-bond donors (Lipinski definition) is 1. The minimum Gasteiger partial charge on any atom is -0.447 e. The Labute approximate surface area is 94.4 Å². The monoisotopic (exact) mass is 227 g/mol. The molecular formula is C11H17NO4. The maximum absolute atomic E-state index is 8.84. The first kappa shape index (κ1) is 11.4. The van der Waals surface area contributed by atoms with Gasteiger partial charge >= 0.3 is 6.08 Å². The van der Waals surface area contributed by atoms with Crippen LogP contribution in [0, 0.1) is 0 Å². The van der Waals surface area contributed by atoms with E-state index in [2.05, 4.69) is 4.98 Å². The summed E-state index contributed by atoms with van der Waals surface area (Å²) >= 11 is 0. The molecular weight excluding hydrogens is 210 g/mol. The van der Waals surface area contributed by atoms with Crippen LogP contribution in [0.15, 0.2) is 10.7 Å². The average Bonchev–Trinajstić information content (AvgIpc) is 2.64. The zero-order valence-electron chi connectivity index (χ0n) is 9.55. The average molecular weight is 227 g/mol. The quantitative estimate of drug-likeness (QED) is 0.847. The van der Waals surface area contributed by atoms with Gasteiger partial charge in [-0.15, -0.1) is 0 Å². The number of ether oxygens (including phenoxy) is 2. The molecule has 1 aliphatic heterocycles. The van der Waals surface area contributed by atoms with Gasteiger partial charge in [0.25, 0.3) is 0 Å². The fourth-order valence-electron chi connectivity index (χ4n) is 2.00. The van der Waals surface area contributed by atoms with E-state index in [0.717, 1.165) is 12.8 Å². The molecule has 1 aliphatic rings. The van der Waals surface area contributed by atoms with Crippen LogP contribution in [0.5, 0.6) is 6.08 Å². The fourth-order valence-corrected chi connectivity index (χ4v) is 2.00. The lowest BCUT2D eigenvalue weighted by Gasteiger charge is -2.31. The molecule has 5 heteroatoms. The van der Waals surface area contributed by atoms with Gasteiger partial charge in [-0.3, -0.25) is 0 Å². The Hall–Kier alpha value is -1.07. The molecule has 16 heavy (non-hydrogen) atoms. The molecule has 1 N–H and O–H groups in total. The standard InChI is InChI=1S/C11H17NO4/c1-7-3-10(4-8(2)15-7)16-11-12-9(5-13)6-14-11/h6-8,10,13H,3-5H2,1-2H3. The Morgan fingerprint density at radius 3 is 2.69 bits per heavy atom. The molecule has 1 fully saturated rings. The first-order valence-corrected chi connectivity index (χ1v) is 5.54. The van der Waals surface area contributed by atoms with E-state index in [1.54, 1.807) is 0 Å². The van der Waals surface area contributed by atoms with Crippen LogP contribution in [0.2, 0.25) is 0 Å². The van der Waals surface area contributed by atoms with Crippen molar-refractivity contribution in [2.75, 3.05) is 0 Å². The molecule has 1 aromatic heterocycles. The van der Waals surface area contributed by atoms with Crippen molar-refractivity contribution >= 4 is 0 Å². The molecule has 0 aliphatic carbocycles. The summed E-state index contributed by atoms with van der Waals surface area (Å²) in [7, 11) is 0. The first-order chi connectivity index (χ1) is 7.67. The second-order valence-electron chi connectivity index (χ2n) is 4.23. The third kappa shape index (κ3) is 2.74. The zero-order chi connectivity index (χ0) is 11.5. The molecule has 5 nitrogen and oxygen atoms in total. The smallest absolute Gasteiger partial charge is 0.394 e. The van der Waals surface area contributed by atoms with E-state index in [0.29, 0.717) is 5.69 Å². The van der Waals surface area contributed by atoms with Crippen molar-refractivity contribution in [1.29, 1.82) is 0 Å². The number of oxazole rings is 1. The number of aliphatic hydroxyl groups is 1. The molecule has 2 unspecified atom stereocenters. The molecule has 0 amide bonds. The Balaban J connectivity index is 1.93. The van der Waals surface area contributed by atoms with Gasteiger partial charge in [0.1, 0.15) is 18.1 Å². The van der Waals surface area contributed by atoms with Crippen LogP contribution in [-0.4, -0.2) is 28.4 Å². The molecule has 2 atom stereocenters. The van der Waals surface area contributed by atoms with E-state index >= 15 is 0 Å². The van der Waals surface area contributed by atoms with Crippen LogP contribution in [0.3, 0.4) is 0 Å². The minimum absolute atomic E-state index is 0.0731. The fraction of sp³-hybridized carbons (Fsp3) is 0.727. The van der Waals surface area contributed by atoms with Gasteiger partial charge in [0.2, 0.25) is 0 Å². The van der Waals surface area contributed by atoms with Gasteiger partial charge in [0, 0.05) is 12.8 Å². The van der Waals surface area contributed by atoms with Crippen LogP contribution in [0.1, 0.15) is 32.4 Å². The Kier molecular flexibility index (Phi) is 3.46. The van der Waals surface area contributed by atoms with Gasteiger partial charge in [0.15, 0.2) is 0 Å². The van der Waals surface area contributed by atoms with Gasteiger partial charge < -0.3 is 19.0 Å². The van der Waals surface area contributed by atoms with Crippen molar-refractivity contribution in [1.82, 2.24) is 4.98 Å². The summed E-state index contributed by atoms with van der Waals surface area (Å²) in [6, 6.07) is 0. The molecule has 1 saturated heterocycles. The zero-order valence-corrected chi connectivity index (χ0v) is 9.55. The topological polar surface area (TPSA) is 64.7 Å². The Morgan fingerprint density at radius 2 is 2.12 bits per heavy atom. The third-order valence-electron chi connectivity index (χ3n) is 2.61. The minimum atomic E-state index is -0.132. The van der Waals surface area contributed by atoms with Crippen LogP contribution >= 0.6 is 0 Å². The lowest BCUT2D eigenvalue weighted by molar-refractivity contribution is -0.0772. The van der Waals surface area contributed by atoms with Gasteiger partial charge in [-0.2, -0.15) is 4.98 Å². The van der Waals surface area contributed by atoms with Crippen LogP contribution in [0.25, 0.3) is 0 Å². The molecule has 0 bridgehead atoms. The number of aromatic nitrogens is 1. The maximum atomic E-state index is 8.84. The Morgan fingerprint density at radius 1 is 1.44 bits per heavy atom. The number of hydrogen-bond acceptors (Lipinski definition) is 5. The second-order valence-corrected chi connectivity index (χ2v) is 4.23. The highest BCUT2D eigenvalue weighted by Crippen LogP contribution is 2.23. The van der Waals surface area contributed by atoms with Gasteiger partial charge in [-0.1, -0.05) is 0 Å². The molecule has 0 spiro atoms. The van der Waals surface area contributed by atoms with Gasteiger partial charge in [-0.05, 0) is 13.8 Å². The normalized spacial score (nSPS) is 30.3. The predicted octanol–water partition coefficient (Wildman–Crippen LogP) is 1.50. The van der Waals surface area contributed by atoms with E-state index in [9.17, 15) is 0 Å². The number of aliphatic hydroxyl groups excluding tert-OH is 1. The molecule has 2 heterocycles. The highest BCUT2D eigenvalue weighted by atomic mass is 16.6. The van der Waals surface area contributed by atoms with Crippen LogP contribution < -0.4 is 4.74 Å². The third-order valence-corrected chi connectivity index (χ3v) is 2.61. The molecule has 0 radical (unpaired) electrons. The van der Waals surface area contributed by atoms with E-state index in [1.807, 2.05) is 13.8 Å². The van der Waals surface area contributed by atoms with Crippen molar-refractivity contribution in [3.05, 3.63) is 12.0 Å². The van der Waals surface area contributed by atoms with Crippen LogP contribution in [0.4, 0.5) is 0 Å². The highest BCUT2D eigenvalue weighted by molar-refractivity contribution is 4.98. The number of rotatable bonds is 3. The van der Waals surface area contributed by atoms with Gasteiger partial charge in [-0.25, -0.2) is 0 Å². The van der Waals surface area contributed by atoms with E-state index in [1.165, 1.54) is 6.26 Å². The summed E-state index contributed by atoms with van der Waals surface area (Å²) in [5, 5.41) is 8.84. The number of nitrogens with zero attached hydrogens (tertiary/aromatic N) is 1. The highest BCUT2D eigenvalue weighted by Gasteiger charge is 2.26. The summed E-state index contributed by atoms with van der Waals surface area (Å²) in [5.74, 6) is 0. The lowest BCUT2D eigenvalue weighted by atomic mass is 10.0. The molecule has 0 aromatic carbocycles. The van der Waals surface area contributed by atoms with E-state index in [4.69, 9.17) is 19.0 Å².